The Hall–Kier alpha value is -3.29. The van der Waals surface area contributed by atoms with E-state index in [1.165, 1.54) is 6.92 Å². The molecule has 0 spiro atoms. The van der Waals surface area contributed by atoms with E-state index in [0.29, 0.717) is 23.9 Å². The van der Waals surface area contributed by atoms with Crippen molar-refractivity contribution in [2.45, 2.75) is 20.4 Å². The Balaban J connectivity index is 2.23. The van der Waals surface area contributed by atoms with Crippen LogP contribution >= 0.6 is 0 Å². The summed E-state index contributed by atoms with van der Waals surface area (Å²) in [6, 6.07) is 9.17. The van der Waals surface area contributed by atoms with Gasteiger partial charge in [0, 0.05) is 13.1 Å². The normalized spacial score (nSPS) is 10.8. The number of hydrogen-bond acceptors (Lipinski definition) is 6. The number of methoxy groups -OCH3 is 2. The van der Waals surface area contributed by atoms with Gasteiger partial charge in [-0.05, 0) is 36.8 Å². The Kier molecular flexibility index (Phi) is 6.78. The van der Waals surface area contributed by atoms with E-state index in [1.807, 2.05) is 31.2 Å². The molecule has 0 radical (unpaired) electrons. The van der Waals surface area contributed by atoms with Crippen LogP contribution in [0.15, 0.2) is 41.5 Å². The van der Waals surface area contributed by atoms with E-state index in [4.69, 9.17) is 14.3 Å². The van der Waals surface area contributed by atoms with Gasteiger partial charge in [-0.25, -0.2) is 4.98 Å². The summed E-state index contributed by atoms with van der Waals surface area (Å²) in [6.07, 6.45) is 1.65. The van der Waals surface area contributed by atoms with Crippen molar-refractivity contribution in [2.75, 3.05) is 14.2 Å². The Morgan fingerprint density at radius 3 is 2.46 bits per heavy atom. The van der Waals surface area contributed by atoms with Gasteiger partial charge in [-0.1, -0.05) is 6.07 Å². The average molecular weight is 358 g/mol. The lowest BCUT2D eigenvalue weighted by Crippen LogP contribution is -2.37. The number of pyridine rings is 1. The fourth-order valence-electron chi connectivity index (χ4n) is 2.19. The molecular formula is C18H22N4O4. The van der Waals surface area contributed by atoms with Gasteiger partial charge in [0.25, 0.3) is 0 Å². The summed E-state index contributed by atoms with van der Waals surface area (Å²) in [6.45, 7) is 3.55. The van der Waals surface area contributed by atoms with Crippen molar-refractivity contribution >= 4 is 17.7 Å². The maximum atomic E-state index is 11.1. The molecule has 8 heteroatoms. The second kappa shape index (κ2) is 9.26. The number of aromatic nitrogens is 1. The van der Waals surface area contributed by atoms with Crippen LogP contribution in [0.1, 0.15) is 18.1 Å². The van der Waals surface area contributed by atoms with Gasteiger partial charge in [-0.3, -0.25) is 4.79 Å². The first-order valence-corrected chi connectivity index (χ1v) is 7.92. The number of nitrogens with zero attached hydrogens (tertiary/aromatic N) is 2. The summed E-state index contributed by atoms with van der Waals surface area (Å²) < 4.78 is 10.7. The number of benzene rings is 1. The van der Waals surface area contributed by atoms with E-state index in [9.17, 15) is 4.79 Å². The van der Waals surface area contributed by atoms with Crippen LogP contribution in [-0.4, -0.2) is 31.1 Å². The number of nitrogens with one attached hydrogen (secondary N) is 2. The first kappa shape index (κ1) is 19.0. The molecule has 0 fully saturated rings. The van der Waals surface area contributed by atoms with E-state index in [-0.39, 0.29) is 5.96 Å². The molecule has 2 aromatic rings. The molecule has 1 aromatic carbocycles. The topological polar surface area (TPSA) is 94.1 Å². The van der Waals surface area contributed by atoms with Crippen molar-refractivity contribution in [1.29, 1.82) is 0 Å². The minimum Gasteiger partial charge on any atom is -0.496 e. The maximum absolute atomic E-state index is 11.1. The van der Waals surface area contributed by atoms with Crippen LogP contribution in [0.25, 0.3) is 0 Å². The highest BCUT2D eigenvalue weighted by Gasteiger charge is 2.11. The number of hydrogen-bond donors (Lipinski definition) is 2. The van der Waals surface area contributed by atoms with E-state index < -0.39 is 5.97 Å². The average Bonchev–Trinajstić information content (AvgIpc) is 2.63. The zero-order valence-corrected chi connectivity index (χ0v) is 15.2. The Morgan fingerprint density at radius 1 is 1.19 bits per heavy atom. The third kappa shape index (κ3) is 5.37. The second-order valence-electron chi connectivity index (χ2n) is 5.34. The van der Waals surface area contributed by atoms with Gasteiger partial charge in [0.05, 0.1) is 26.3 Å². The third-order valence-corrected chi connectivity index (χ3v) is 3.38. The smallest absolute Gasteiger partial charge is 0.329 e. The van der Waals surface area contributed by atoms with Gasteiger partial charge < -0.3 is 19.6 Å². The number of ether oxygens (including phenoxy) is 2. The fraction of sp³-hybridized carbons (Fsp3) is 0.278. The fourth-order valence-corrected chi connectivity index (χ4v) is 2.19. The Bertz CT molecular complexity index is 770. The molecule has 26 heavy (non-hydrogen) atoms. The SMILES string of the molecule is COc1cccc(OC)c1CNC(=Nc1cc(C)ccn1)NOC(C)=O. The summed E-state index contributed by atoms with van der Waals surface area (Å²) in [5.74, 6) is 1.53. The highest BCUT2D eigenvalue weighted by Crippen LogP contribution is 2.27. The highest BCUT2D eigenvalue weighted by atomic mass is 16.7. The molecule has 0 aliphatic carbocycles. The van der Waals surface area contributed by atoms with Crippen LogP contribution < -0.4 is 20.3 Å². The van der Waals surface area contributed by atoms with Gasteiger partial charge in [-0.15, -0.1) is 0 Å². The number of hydroxylamine groups is 1. The van der Waals surface area contributed by atoms with Crippen molar-refractivity contribution < 1.29 is 19.1 Å². The second-order valence-corrected chi connectivity index (χ2v) is 5.34. The van der Waals surface area contributed by atoms with Crippen molar-refractivity contribution in [2.24, 2.45) is 4.99 Å². The summed E-state index contributed by atoms with van der Waals surface area (Å²) in [7, 11) is 3.17. The molecule has 0 unspecified atom stereocenters. The molecule has 0 aliphatic rings. The molecule has 0 atom stereocenters. The molecule has 0 saturated carbocycles. The van der Waals surface area contributed by atoms with E-state index in [2.05, 4.69) is 20.8 Å². The number of aliphatic imine (C=N–C) groups is 1. The molecule has 1 heterocycles. The first-order valence-electron chi connectivity index (χ1n) is 7.92. The van der Waals surface area contributed by atoms with Gasteiger partial charge in [0.15, 0.2) is 5.82 Å². The summed E-state index contributed by atoms with van der Waals surface area (Å²) in [4.78, 5) is 24.5. The highest BCUT2D eigenvalue weighted by molar-refractivity contribution is 5.82. The van der Waals surface area contributed by atoms with Crippen LogP contribution in [0.2, 0.25) is 0 Å². The molecule has 0 saturated heterocycles. The van der Waals surface area contributed by atoms with Crippen LogP contribution in [0.4, 0.5) is 5.82 Å². The van der Waals surface area contributed by atoms with E-state index in [1.54, 1.807) is 26.5 Å². The first-order chi connectivity index (χ1) is 12.5. The largest absolute Gasteiger partial charge is 0.496 e. The van der Waals surface area contributed by atoms with Crippen molar-refractivity contribution in [1.82, 2.24) is 15.8 Å². The predicted molar refractivity (Wildman–Crippen MR) is 97.4 cm³/mol. The quantitative estimate of drug-likeness (QED) is 0.481. The Labute approximate surface area is 152 Å². The zero-order valence-electron chi connectivity index (χ0n) is 15.2. The molecule has 138 valence electrons. The van der Waals surface area contributed by atoms with Crippen LogP contribution in [0.3, 0.4) is 0 Å². The third-order valence-electron chi connectivity index (χ3n) is 3.38. The van der Waals surface area contributed by atoms with Gasteiger partial charge in [-0.2, -0.15) is 10.5 Å². The van der Waals surface area contributed by atoms with Crippen molar-refractivity contribution in [3.63, 3.8) is 0 Å². The van der Waals surface area contributed by atoms with Gasteiger partial charge in [0.2, 0.25) is 5.96 Å². The van der Waals surface area contributed by atoms with Crippen LogP contribution in [0, 0.1) is 6.92 Å². The van der Waals surface area contributed by atoms with Crippen LogP contribution in [-0.2, 0) is 16.2 Å². The number of carbonyl (C=O) groups excluding carboxylic acids is 1. The van der Waals surface area contributed by atoms with E-state index in [0.717, 1.165) is 11.1 Å². The number of aryl methyl sites for hydroxylation is 1. The molecule has 8 nitrogen and oxygen atoms in total. The molecule has 2 rings (SSSR count). The van der Waals surface area contributed by atoms with Crippen molar-refractivity contribution in [3.05, 3.63) is 47.7 Å². The lowest BCUT2D eigenvalue weighted by molar-refractivity contribution is -0.145. The van der Waals surface area contributed by atoms with Gasteiger partial charge in [0.1, 0.15) is 11.5 Å². The summed E-state index contributed by atoms with van der Waals surface area (Å²) >= 11 is 0. The van der Waals surface area contributed by atoms with Crippen LogP contribution in [0.5, 0.6) is 11.5 Å². The minimum atomic E-state index is -0.494. The lowest BCUT2D eigenvalue weighted by atomic mass is 10.1. The van der Waals surface area contributed by atoms with Gasteiger partial charge >= 0.3 is 5.97 Å². The van der Waals surface area contributed by atoms with E-state index >= 15 is 0 Å². The number of rotatable bonds is 5. The zero-order chi connectivity index (χ0) is 18.9. The molecular weight excluding hydrogens is 336 g/mol. The standard InChI is InChI=1S/C18H22N4O4/c1-12-8-9-19-17(10-12)21-18(22-26-13(2)23)20-11-14-15(24-3)6-5-7-16(14)25-4/h5-10H,11H2,1-4H3,(H2,19,20,21,22). The number of guanidine groups is 1. The summed E-state index contributed by atoms with van der Waals surface area (Å²) in [5.41, 5.74) is 4.31. The molecule has 2 N–H and O–H groups in total. The summed E-state index contributed by atoms with van der Waals surface area (Å²) in [5, 5.41) is 3.07. The predicted octanol–water partition coefficient (Wildman–Crippen LogP) is 2.25. The number of carbonyl (C=O) groups is 1. The minimum absolute atomic E-state index is 0.228. The molecule has 0 amide bonds. The molecule has 1 aromatic heterocycles. The molecule has 0 aliphatic heterocycles. The Morgan fingerprint density at radius 2 is 1.88 bits per heavy atom. The molecule has 0 bridgehead atoms. The lowest BCUT2D eigenvalue weighted by Gasteiger charge is -2.15. The van der Waals surface area contributed by atoms with Crippen molar-refractivity contribution in [3.8, 4) is 11.5 Å². The monoisotopic (exact) mass is 358 g/mol. The maximum Gasteiger partial charge on any atom is 0.329 e.